The molecule has 1 aliphatic heterocycles. The fourth-order valence-corrected chi connectivity index (χ4v) is 1.83. The van der Waals surface area contributed by atoms with Crippen molar-refractivity contribution >= 4 is 5.71 Å². The average Bonchev–Trinajstić information content (AvgIpc) is 2.35. The van der Waals surface area contributed by atoms with Crippen LogP contribution in [0.2, 0.25) is 0 Å². The van der Waals surface area contributed by atoms with E-state index in [1.165, 1.54) is 0 Å². The Morgan fingerprint density at radius 2 is 2.11 bits per heavy atom. The van der Waals surface area contributed by atoms with Gasteiger partial charge in [0.05, 0.1) is 6.10 Å². The van der Waals surface area contributed by atoms with E-state index in [0.717, 1.165) is 38.2 Å². The Balaban J connectivity index is 2.24. The molecule has 0 aromatic rings. The van der Waals surface area contributed by atoms with E-state index in [4.69, 9.17) is 4.84 Å². The Kier molecular flexibility index (Phi) is 6.77. The summed E-state index contributed by atoms with van der Waals surface area (Å²) in [4.78, 5) is 7.61. The lowest BCUT2D eigenvalue weighted by molar-refractivity contribution is 0.0574. The molecule has 0 aliphatic carbocycles. The second-order valence-electron chi connectivity index (χ2n) is 4.91. The largest absolute Gasteiger partial charge is 0.394 e. The number of likely N-dealkylation sites (tertiary alicyclic amines) is 1. The van der Waals surface area contributed by atoms with Crippen LogP contribution in [0.3, 0.4) is 0 Å². The van der Waals surface area contributed by atoms with Crippen molar-refractivity contribution < 1.29 is 9.94 Å². The minimum atomic E-state index is -0.118. The molecule has 1 heterocycles. The minimum Gasteiger partial charge on any atom is -0.394 e. The summed E-state index contributed by atoms with van der Waals surface area (Å²) in [5, 5.41) is 13.5. The Morgan fingerprint density at radius 3 is 2.67 bits per heavy atom. The maximum atomic E-state index is 9.40. The van der Waals surface area contributed by atoms with Crippen LogP contribution >= 0.6 is 0 Å². The molecule has 1 saturated heterocycles. The summed E-state index contributed by atoms with van der Waals surface area (Å²) >= 11 is 0. The highest BCUT2D eigenvalue weighted by atomic mass is 16.6. The number of piperidine rings is 1. The first kappa shape index (κ1) is 15.0. The molecule has 1 fully saturated rings. The maximum absolute atomic E-state index is 9.40. The van der Waals surface area contributed by atoms with Gasteiger partial charge in [0.2, 0.25) is 0 Å². The third-order valence-corrected chi connectivity index (χ3v) is 3.02. The lowest BCUT2D eigenvalue weighted by atomic mass is 10.1. The quantitative estimate of drug-likeness (QED) is 0.349. The zero-order valence-corrected chi connectivity index (χ0v) is 11.6. The second-order valence-corrected chi connectivity index (χ2v) is 4.91. The molecule has 1 aliphatic rings. The highest BCUT2D eigenvalue weighted by Crippen LogP contribution is 2.09. The molecule has 0 radical (unpaired) electrons. The number of aliphatic hydroxyl groups excluding tert-OH is 1. The molecule has 1 N–H and O–H groups in total. The molecule has 102 valence electrons. The number of aliphatic hydroxyl groups is 1. The van der Waals surface area contributed by atoms with Crippen LogP contribution in [0.15, 0.2) is 5.16 Å². The van der Waals surface area contributed by atoms with E-state index in [9.17, 15) is 5.11 Å². The van der Waals surface area contributed by atoms with Gasteiger partial charge in [-0.2, -0.15) is 0 Å². The van der Waals surface area contributed by atoms with Gasteiger partial charge in [-0.25, -0.2) is 0 Å². The van der Waals surface area contributed by atoms with Crippen LogP contribution in [0.1, 0.15) is 33.6 Å². The molecule has 0 bridgehead atoms. The van der Waals surface area contributed by atoms with Gasteiger partial charge in [0, 0.05) is 25.6 Å². The third kappa shape index (κ3) is 5.52. The van der Waals surface area contributed by atoms with Crippen LogP contribution in [0.4, 0.5) is 0 Å². The number of hydrogen-bond donors (Lipinski definition) is 1. The lowest BCUT2D eigenvalue weighted by Crippen LogP contribution is -2.37. The van der Waals surface area contributed by atoms with Crippen molar-refractivity contribution in [2.45, 2.75) is 39.7 Å². The molecule has 0 saturated carbocycles. The molecule has 1 rings (SSSR count). The van der Waals surface area contributed by atoms with Gasteiger partial charge in [-0.3, -0.25) is 4.90 Å². The predicted molar refractivity (Wildman–Crippen MR) is 73.4 cm³/mol. The number of oxime groups is 1. The van der Waals surface area contributed by atoms with Crippen LogP contribution in [0, 0.1) is 17.8 Å². The summed E-state index contributed by atoms with van der Waals surface area (Å²) < 4.78 is 0. The van der Waals surface area contributed by atoms with Gasteiger partial charge >= 0.3 is 0 Å². The second kappa shape index (κ2) is 8.12. The van der Waals surface area contributed by atoms with Gasteiger partial charge in [-0.15, -0.1) is 0 Å². The van der Waals surface area contributed by atoms with Crippen molar-refractivity contribution in [1.82, 2.24) is 4.90 Å². The van der Waals surface area contributed by atoms with Crippen molar-refractivity contribution in [1.29, 1.82) is 0 Å². The van der Waals surface area contributed by atoms with E-state index >= 15 is 0 Å². The standard InChI is InChI=1S/C14H24N2O2/c1-4-5-14(12(2)3)15-18-11-10-16-8-6-13(17)7-9-16/h12-13,17H,6-11H2,1-3H3/b15-14+. The first-order chi connectivity index (χ1) is 8.63. The summed E-state index contributed by atoms with van der Waals surface area (Å²) in [6, 6.07) is 0. The average molecular weight is 252 g/mol. The van der Waals surface area contributed by atoms with E-state index in [0.29, 0.717) is 12.5 Å². The molecular formula is C14H24N2O2. The molecule has 0 aromatic heterocycles. The van der Waals surface area contributed by atoms with Gasteiger partial charge in [-0.1, -0.05) is 24.9 Å². The van der Waals surface area contributed by atoms with Gasteiger partial charge in [0.1, 0.15) is 12.3 Å². The number of nitrogens with zero attached hydrogens (tertiary/aromatic N) is 2. The highest BCUT2D eigenvalue weighted by Gasteiger charge is 2.16. The van der Waals surface area contributed by atoms with E-state index in [1.807, 2.05) is 0 Å². The van der Waals surface area contributed by atoms with Gasteiger partial charge in [0.25, 0.3) is 0 Å². The van der Waals surface area contributed by atoms with E-state index < -0.39 is 0 Å². The van der Waals surface area contributed by atoms with Gasteiger partial charge in [0.15, 0.2) is 0 Å². The Hall–Kier alpha value is -1.05. The monoisotopic (exact) mass is 252 g/mol. The van der Waals surface area contributed by atoms with E-state index in [1.54, 1.807) is 6.92 Å². The molecular weight excluding hydrogens is 228 g/mol. The zero-order valence-electron chi connectivity index (χ0n) is 11.6. The van der Waals surface area contributed by atoms with Crippen LogP contribution in [-0.2, 0) is 4.84 Å². The van der Waals surface area contributed by atoms with Crippen molar-refractivity contribution in [3.8, 4) is 11.8 Å². The molecule has 0 unspecified atom stereocenters. The Morgan fingerprint density at radius 1 is 1.44 bits per heavy atom. The van der Waals surface area contributed by atoms with Gasteiger partial charge < -0.3 is 9.94 Å². The predicted octanol–water partition coefficient (Wildman–Crippen LogP) is 1.49. The number of hydrogen-bond acceptors (Lipinski definition) is 4. The minimum absolute atomic E-state index is 0.118. The summed E-state index contributed by atoms with van der Waals surface area (Å²) in [7, 11) is 0. The fraction of sp³-hybridized carbons (Fsp3) is 0.786. The van der Waals surface area contributed by atoms with Crippen LogP contribution in [0.5, 0.6) is 0 Å². The summed E-state index contributed by atoms with van der Waals surface area (Å²) in [5.74, 6) is 6.09. The summed E-state index contributed by atoms with van der Waals surface area (Å²) in [6.45, 7) is 9.24. The number of rotatable bonds is 5. The molecule has 0 aromatic carbocycles. The Labute approximate surface area is 110 Å². The molecule has 4 heteroatoms. The molecule has 0 amide bonds. The van der Waals surface area contributed by atoms with Crippen LogP contribution in [-0.4, -0.2) is 48.1 Å². The summed E-state index contributed by atoms with van der Waals surface area (Å²) in [6.07, 6.45) is 1.61. The third-order valence-electron chi connectivity index (χ3n) is 3.02. The highest BCUT2D eigenvalue weighted by molar-refractivity contribution is 6.01. The normalized spacial score (nSPS) is 18.6. The van der Waals surface area contributed by atoms with Crippen molar-refractivity contribution in [2.24, 2.45) is 11.1 Å². The van der Waals surface area contributed by atoms with Crippen LogP contribution in [0.25, 0.3) is 0 Å². The smallest absolute Gasteiger partial charge is 0.132 e. The first-order valence-electron chi connectivity index (χ1n) is 6.66. The van der Waals surface area contributed by atoms with Crippen molar-refractivity contribution in [3.63, 3.8) is 0 Å². The zero-order chi connectivity index (χ0) is 13.4. The topological polar surface area (TPSA) is 45.1 Å². The lowest BCUT2D eigenvalue weighted by Gasteiger charge is -2.28. The molecule has 18 heavy (non-hydrogen) atoms. The Bertz CT molecular complexity index is 320. The molecule has 0 atom stereocenters. The molecule has 0 spiro atoms. The van der Waals surface area contributed by atoms with E-state index in [2.05, 4.69) is 35.7 Å². The van der Waals surface area contributed by atoms with E-state index in [-0.39, 0.29) is 6.10 Å². The summed E-state index contributed by atoms with van der Waals surface area (Å²) in [5.41, 5.74) is 0.798. The van der Waals surface area contributed by atoms with Crippen molar-refractivity contribution in [2.75, 3.05) is 26.2 Å². The fourth-order valence-electron chi connectivity index (χ4n) is 1.83. The van der Waals surface area contributed by atoms with Gasteiger partial charge in [-0.05, 0) is 25.7 Å². The van der Waals surface area contributed by atoms with Crippen molar-refractivity contribution in [3.05, 3.63) is 0 Å². The SMILES string of the molecule is CC#C/C(=N\OCCN1CCC(O)CC1)C(C)C. The molecule has 4 nitrogen and oxygen atoms in total. The van der Waals surface area contributed by atoms with Crippen LogP contribution < -0.4 is 0 Å². The maximum Gasteiger partial charge on any atom is 0.132 e. The first-order valence-corrected chi connectivity index (χ1v) is 6.66.